The summed E-state index contributed by atoms with van der Waals surface area (Å²) in [6.07, 6.45) is 16.4. The molecule has 2 aliphatic rings. The minimum absolute atomic E-state index is 0.179. The van der Waals surface area contributed by atoms with E-state index in [2.05, 4.69) is 79.7 Å². The fourth-order valence-electron chi connectivity index (χ4n) is 12.9. The number of thiophene rings is 2. The molecule has 4 unspecified atom stereocenters. The average molecular weight is 1160 g/mol. The standard InChI is InChI=1S/C72H86F4O4S2/c1-9-17-21-47(13-5)43-77-65-29-25-51(37-61(65)73)71(52-26-30-66(62(74)38-52)78-44-48(14-6)22-18-10-2)57-33-35-81-69(57)55-42-60-56(41-59(55)71)70-58(34-36-82-70)72(60,53-27-31-67(63(75)39-53)79-45-49(15-7)23-19-11-3)54-28-32-68(64(76)40-54)80-46-50(16-8)24-20-12-4/h25-42,47-50H,9-24,43-46H2,1-8H3. The van der Waals surface area contributed by atoms with Gasteiger partial charge in [-0.1, -0.05) is 157 Å². The van der Waals surface area contributed by atoms with Crippen LogP contribution in [0.25, 0.3) is 20.9 Å². The predicted molar refractivity (Wildman–Crippen MR) is 332 cm³/mol. The molecule has 9 rings (SSSR count). The van der Waals surface area contributed by atoms with Gasteiger partial charge in [0.1, 0.15) is 0 Å². The summed E-state index contributed by atoms with van der Waals surface area (Å²) in [4.78, 5) is 1.89. The van der Waals surface area contributed by atoms with E-state index in [9.17, 15) is 0 Å². The van der Waals surface area contributed by atoms with E-state index in [1.165, 1.54) is 0 Å². The normalized spacial score (nSPS) is 17.4. The van der Waals surface area contributed by atoms with Crippen molar-refractivity contribution in [3.8, 4) is 43.9 Å². The molecule has 0 saturated heterocycles. The first kappa shape index (κ1) is 61.0. The number of halogens is 4. The Balaban J connectivity index is 1.24. The Morgan fingerprint density at radius 2 is 0.622 bits per heavy atom. The number of rotatable bonds is 32. The van der Waals surface area contributed by atoms with E-state index in [4.69, 9.17) is 18.9 Å². The molecule has 0 saturated carbocycles. The van der Waals surface area contributed by atoms with Gasteiger partial charge in [0.2, 0.25) is 0 Å². The van der Waals surface area contributed by atoms with Crippen LogP contribution in [-0.4, -0.2) is 26.4 Å². The highest BCUT2D eigenvalue weighted by Crippen LogP contribution is 2.65. The van der Waals surface area contributed by atoms with Gasteiger partial charge >= 0.3 is 0 Å². The lowest BCUT2D eigenvalue weighted by Gasteiger charge is -2.35. The number of hydrogen-bond donors (Lipinski definition) is 0. The summed E-state index contributed by atoms with van der Waals surface area (Å²) in [5.74, 6) is -0.0582. The van der Waals surface area contributed by atoms with E-state index in [0.717, 1.165) is 146 Å². The molecular formula is C72H86F4O4S2. The van der Waals surface area contributed by atoms with Crippen LogP contribution in [0, 0.1) is 46.9 Å². The van der Waals surface area contributed by atoms with Gasteiger partial charge in [0.15, 0.2) is 46.3 Å². The molecule has 0 radical (unpaired) electrons. The van der Waals surface area contributed by atoms with Gasteiger partial charge in [0, 0.05) is 9.75 Å². The zero-order valence-corrected chi connectivity index (χ0v) is 51.4. The Morgan fingerprint density at radius 1 is 0.354 bits per heavy atom. The quantitative estimate of drug-likeness (QED) is 0.0394. The molecule has 0 aliphatic heterocycles. The second kappa shape index (κ2) is 27.9. The summed E-state index contributed by atoms with van der Waals surface area (Å²) in [6.45, 7) is 18.9. The molecule has 2 heterocycles. The summed E-state index contributed by atoms with van der Waals surface area (Å²) in [7, 11) is 0. The second-order valence-corrected chi connectivity index (χ2v) is 25.1. The van der Waals surface area contributed by atoms with E-state index in [1.54, 1.807) is 71.2 Å². The molecule has 0 N–H and O–H groups in total. The maximum atomic E-state index is 17.1. The highest BCUT2D eigenvalue weighted by atomic mass is 32.1. The lowest BCUT2D eigenvalue weighted by molar-refractivity contribution is 0.224. The van der Waals surface area contributed by atoms with E-state index < -0.39 is 34.1 Å². The molecular weight excluding hydrogens is 1070 g/mol. The summed E-state index contributed by atoms with van der Waals surface area (Å²) in [6, 6.07) is 29.6. The first-order valence-electron chi connectivity index (χ1n) is 31.0. The molecule has 4 nitrogen and oxygen atoms in total. The van der Waals surface area contributed by atoms with Crippen LogP contribution in [0.1, 0.15) is 203 Å². The third kappa shape index (κ3) is 12.1. The third-order valence-corrected chi connectivity index (χ3v) is 20.0. The SMILES string of the molecule is CCCCC(CC)COc1ccc(C2(c3ccc(OCC(CC)CCCC)c(F)c3)c3cc4c(cc3-c3sccc32)C(c2ccc(OCC(CC)CCCC)c(F)c2)(c2ccc(OCC(CC)CCCC)c(F)c2)c2ccsc2-4)cc1F. The van der Waals surface area contributed by atoms with Gasteiger partial charge in [-0.2, -0.15) is 0 Å². The molecule has 10 heteroatoms. The summed E-state index contributed by atoms with van der Waals surface area (Å²) >= 11 is 3.15. The minimum Gasteiger partial charge on any atom is -0.490 e. The van der Waals surface area contributed by atoms with Crippen LogP contribution in [0.5, 0.6) is 23.0 Å². The van der Waals surface area contributed by atoms with Crippen LogP contribution >= 0.6 is 22.7 Å². The molecule has 7 aromatic rings. The second-order valence-electron chi connectivity index (χ2n) is 23.3. The zero-order valence-electron chi connectivity index (χ0n) is 49.8. The van der Waals surface area contributed by atoms with Crippen molar-refractivity contribution >= 4 is 22.7 Å². The van der Waals surface area contributed by atoms with Crippen molar-refractivity contribution in [1.82, 2.24) is 0 Å². The summed E-state index contributed by atoms with van der Waals surface area (Å²) in [5.41, 5.74) is 5.32. The predicted octanol–water partition coefficient (Wildman–Crippen LogP) is 21.5. The van der Waals surface area contributed by atoms with Gasteiger partial charge in [-0.05, 0) is 189 Å². The molecule has 4 atom stereocenters. The lowest BCUT2D eigenvalue weighted by atomic mass is 9.66. The van der Waals surface area contributed by atoms with Crippen molar-refractivity contribution < 1.29 is 36.5 Å². The van der Waals surface area contributed by atoms with Gasteiger partial charge in [-0.3, -0.25) is 0 Å². The Kier molecular flexibility index (Phi) is 20.7. The van der Waals surface area contributed by atoms with Crippen molar-refractivity contribution in [2.45, 2.75) is 169 Å². The van der Waals surface area contributed by atoms with Gasteiger partial charge in [0.25, 0.3) is 0 Å². The van der Waals surface area contributed by atoms with Crippen molar-refractivity contribution in [1.29, 1.82) is 0 Å². The smallest absolute Gasteiger partial charge is 0.165 e. The monoisotopic (exact) mass is 1150 g/mol. The Morgan fingerprint density at radius 3 is 0.854 bits per heavy atom. The molecule has 2 aliphatic carbocycles. The van der Waals surface area contributed by atoms with Crippen molar-refractivity contribution in [3.05, 3.63) is 176 Å². The molecule has 438 valence electrons. The van der Waals surface area contributed by atoms with Gasteiger partial charge in [-0.15, -0.1) is 22.7 Å². The largest absolute Gasteiger partial charge is 0.490 e. The number of hydrogen-bond acceptors (Lipinski definition) is 6. The first-order chi connectivity index (χ1) is 39.9. The van der Waals surface area contributed by atoms with Crippen LogP contribution < -0.4 is 18.9 Å². The highest BCUT2D eigenvalue weighted by Gasteiger charge is 2.53. The lowest BCUT2D eigenvalue weighted by Crippen LogP contribution is -2.30. The third-order valence-electron chi connectivity index (χ3n) is 18.1. The van der Waals surface area contributed by atoms with Crippen LogP contribution in [0.3, 0.4) is 0 Å². The van der Waals surface area contributed by atoms with Crippen molar-refractivity contribution in [2.75, 3.05) is 26.4 Å². The fourth-order valence-corrected chi connectivity index (χ4v) is 14.9. The number of fused-ring (bicyclic) bond motifs is 6. The highest BCUT2D eigenvalue weighted by molar-refractivity contribution is 7.14. The van der Waals surface area contributed by atoms with Crippen molar-refractivity contribution in [3.63, 3.8) is 0 Å². The van der Waals surface area contributed by atoms with Gasteiger partial charge in [-0.25, -0.2) is 17.6 Å². The average Bonchev–Trinajstić information content (AvgIpc) is 1.83. The molecule has 0 fully saturated rings. The van der Waals surface area contributed by atoms with Gasteiger partial charge < -0.3 is 18.9 Å². The molecule has 82 heavy (non-hydrogen) atoms. The molecule has 0 bridgehead atoms. The maximum absolute atomic E-state index is 17.1. The van der Waals surface area contributed by atoms with E-state index in [-0.39, 0.29) is 23.0 Å². The maximum Gasteiger partial charge on any atom is 0.165 e. The van der Waals surface area contributed by atoms with Crippen LogP contribution in [-0.2, 0) is 10.8 Å². The van der Waals surface area contributed by atoms with E-state index in [0.29, 0.717) is 72.4 Å². The summed E-state index contributed by atoms with van der Waals surface area (Å²) in [5, 5.41) is 4.09. The Labute approximate surface area is 495 Å². The zero-order chi connectivity index (χ0) is 58.0. The van der Waals surface area contributed by atoms with Crippen LogP contribution in [0.4, 0.5) is 17.6 Å². The first-order valence-corrected chi connectivity index (χ1v) is 32.8. The van der Waals surface area contributed by atoms with Crippen molar-refractivity contribution in [2.24, 2.45) is 23.7 Å². The summed E-state index contributed by atoms with van der Waals surface area (Å²) < 4.78 is 93.5. The number of benzene rings is 5. The van der Waals surface area contributed by atoms with Gasteiger partial charge in [0.05, 0.1) is 37.3 Å². The molecule has 5 aromatic carbocycles. The Bertz CT molecular complexity index is 2880. The number of ether oxygens (including phenoxy) is 4. The molecule has 2 aromatic heterocycles. The topological polar surface area (TPSA) is 36.9 Å². The Hall–Kier alpha value is -5.58. The molecule has 0 spiro atoms. The molecule has 0 amide bonds. The van der Waals surface area contributed by atoms with Crippen LogP contribution in [0.2, 0.25) is 0 Å². The van der Waals surface area contributed by atoms with Crippen LogP contribution in [0.15, 0.2) is 108 Å². The van der Waals surface area contributed by atoms with E-state index in [1.807, 2.05) is 35.0 Å². The van der Waals surface area contributed by atoms with E-state index >= 15 is 17.6 Å². The minimum atomic E-state index is -1.21. The fraction of sp³-hybridized carbons (Fsp3) is 0.472. The number of unbranched alkanes of at least 4 members (excludes halogenated alkanes) is 4.